The average molecular weight is 271 g/mol. The topological polar surface area (TPSA) is 67.1 Å². The highest BCUT2D eigenvalue weighted by molar-refractivity contribution is 5.28. The van der Waals surface area contributed by atoms with Crippen LogP contribution in [0.2, 0.25) is 0 Å². The maximum atomic E-state index is 5.29. The first-order chi connectivity index (χ1) is 9.69. The van der Waals surface area contributed by atoms with Crippen molar-refractivity contribution in [2.45, 2.75) is 33.0 Å². The number of benzene rings is 1. The smallest absolute Gasteiger partial charge is 0.158 e. The maximum absolute atomic E-state index is 5.29. The Morgan fingerprint density at radius 2 is 1.85 bits per heavy atom. The molecule has 3 N–H and O–H groups in total. The fourth-order valence-corrected chi connectivity index (χ4v) is 1.96. The van der Waals surface area contributed by atoms with Crippen LogP contribution < -0.4 is 11.3 Å². The molecule has 0 bridgehead atoms. The fraction of sp³-hybridized carbons (Fsp3) is 0.333. The molecule has 0 saturated heterocycles. The van der Waals surface area contributed by atoms with Gasteiger partial charge >= 0.3 is 0 Å². The molecule has 2 aromatic rings. The van der Waals surface area contributed by atoms with E-state index in [1.54, 1.807) is 12.4 Å². The third-order valence-corrected chi connectivity index (χ3v) is 3.18. The molecule has 5 nitrogen and oxygen atoms in total. The van der Waals surface area contributed by atoms with Crippen LogP contribution >= 0.6 is 0 Å². The second-order valence-corrected chi connectivity index (χ2v) is 5.02. The Morgan fingerprint density at radius 3 is 2.40 bits per heavy atom. The molecule has 0 radical (unpaired) electrons. The van der Waals surface area contributed by atoms with Crippen LogP contribution in [0, 0.1) is 0 Å². The van der Waals surface area contributed by atoms with Gasteiger partial charge in [-0.1, -0.05) is 30.3 Å². The van der Waals surface area contributed by atoms with Crippen LogP contribution in [0.15, 0.2) is 42.7 Å². The van der Waals surface area contributed by atoms with Crippen molar-refractivity contribution in [2.75, 3.05) is 5.43 Å². The van der Waals surface area contributed by atoms with Crippen molar-refractivity contribution in [3.05, 3.63) is 54.0 Å². The van der Waals surface area contributed by atoms with Gasteiger partial charge in [0.15, 0.2) is 5.82 Å². The first-order valence-electron chi connectivity index (χ1n) is 6.74. The summed E-state index contributed by atoms with van der Waals surface area (Å²) in [5, 5.41) is 0. The lowest BCUT2D eigenvalue weighted by atomic mass is 10.2. The van der Waals surface area contributed by atoms with Crippen molar-refractivity contribution in [1.82, 2.24) is 14.9 Å². The second kappa shape index (κ2) is 6.98. The number of nitrogens with two attached hydrogens (primary N) is 1. The SMILES string of the molecule is CC(C)N(Cc1ccccc1)Cc1cnc(NN)cn1. The summed E-state index contributed by atoms with van der Waals surface area (Å²) in [7, 11) is 0. The Kier molecular flexibility index (Phi) is 5.03. The second-order valence-electron chi connectivity index (χ2n) is 5.02. The molecular weight excluding hydrogens is 250 g/mol. The Morgan fingerprint density at radius 1 is 1.10 bits per heavy atom. The Labute approximate surface area is 119 Å². The molecule has 2 rings (SSSR count). The molecule has 106 valence electrons. The van der Waals surface area contributed by atoms with Crippen LogP contribution in [0.25, 0.3) is 0 Å². The van der Waals surface area contributed by atoms with Gasteiger partial charge in [0.05, 0.1) is 18.1 Å². The van der Waals surface area contributed by atoms with Gasteiger partial charge in [-0.05, 0) is 19.4 Å². The van der Waals surface area contributed by atoms with Gasteiger partial charge in [-0.2, -0.15) is 0 Å². The zero-order valence-corrected chi connectivity index (χ0v) is 12.0. The van der Waals surface area contributed by atoms with Crippen molar-refractivity contribution in [2.24, 2.45) is 5.84 Å². The Hall–Kier alpha value is -1.98. The summed E-state index contributed by atoms with van der Waals surface area (Å²) in [4.78, 5) is 10.9. The summed E-state index contributed by atoms with van der Waals surface area (Å²) in [5.41, 5.74) is 4.72. The molecule has 0 spiro atoms. The quantitative estimate of drug-likeness (QED) is 0.622. The number of nitrogen functional groups attached to an aromatic ring is 1. The standard InChI is InChI=1S/C15H21N5/c1-12(2)20(10-13-6-4-3-5-7-13)11-14-8-18-15(19-16)9-17-14/h3-9,12H,10-11,16H2,1-2H3,(H,18,19). The van der Waals surface area contributed by atoms with Gasteiger partial charge < -0.3 is 5.43 Å². The van der Waals surface area contributed by atoms with E-state index in [1.165, 1.54) is 5.56 Å². The van der Waals surface area contributed by atoms with Crippen molar-refractivity contribution >= 4 is 5.82 Å². The van der Waals surface area contributed by atoms with E-state index < -0.39 is 0 Å². The predicted octanol–water partition coefficient (Wildman–Crippen LogP) is 2.17. The number of nitrogens with zero attached hydrogens (tertiary/aromatic N) is 3. The van der Waals surface area contributed by atoms with Gasteiger partial charge in [-0.3, -0.25) is 9.88 Å². The number of hydrazine groups is 1. The third-order valence-electron chi connectivity index (χ3n) is 3.18. The number of hydrogen-bond acceptors (Lipinski definition) is 5. The highest BCUT2D eigenvalue weighted by Crippen LogP contribution is 2.12. The van der Waals surface area contributed by atoms with Gasteiger partial charge in [0.25, 0.3) is 0 Å². The third kappa shape index (κ3) is 4.01. The number of nitrogens with one attached hydrogen (secondary N) is 1. The van der Waals surface area contributed by atoms with Crippen molar-refractivity contribution in [3.8, 4) is 0 Å². The van der Waals surface area contributed by atoms with Gasteiger partial charge in [-0.15, -0.1) is 0 Å². The molecule has 1 aromatic heterocycles. The predicted molar refractivity (Wildman–Crippen MR) is 80.7 cm³/mol. The zero-order valence-electron chi connectivity index (χ0n) is 12.0. The van der Waals surface area contributed by atoms with Gasteiger partial charge in [0.1, 0.15) is 0 Å². The van der Waals surface area contributed by atoms with Crippen molar-refractivity contribution in [3.63, 3.8) is 0 Å². The summed E-state index contributed by atoms with van der Waals surface area (Å²) < 4.78 is 0. The zero-order chi connectivity index (χ0) is 14.4. The molecule has 0 saturated carbocycles. The Bertz CT molecular complexity index is 510. The van der Waals surface area contributed by atoms with Gasteiger partial charge in [-0.25, -0.2) is 10.8 Å². The average Bonchev–Trinajstić information content (AvgIpc) is 2.48. The molecule has 0 unspecified atom stereocenters. The molecule has 5 heteroatoms. The minimum atomic E-state index is 0.435. The minimum Gasteiger partial charge on any atom is -0.307 e. The van der Waals surface area contributed by atoms with Crippen LogP contribution in [-0.2, 0) is 13.1 Å². The van der Waals surface area contributed by atoms with Gasteiger partial charge in [0.2, 0.25) is 0 Å². The van der Waals surface area contributed by atoms with Crippen LogP contribution in [0.5, 0.6) is 0 Å². The lowest BCUT2D eigenvalue weighted by Gasteiger charge is -2.26. The van der Waals surface area contributed by atoms with E-state index in [0.29, 0.717) is 11.9 Å². The molecular formula is C15H21N5. The minimum absolute atomic E-state index is 0.435. The first-order valence-corrected chi connectivity index (χ1v) is 6.74. The van der Waals surface area contributed by atoms with E-state index in [9.17, 15) is 0 Å². The lowest BCUT2D eigenvalue weighted by molar-refractivity contribution is 0.201. The van der Waals surface area contributed by atoms with Crippen molar-refractivity contribution < 1.29 is 0 Å². The monoisotopic (exact) mass is 271 g/mol. The maximum Gasteiger partial charge on any atom is 0.158 e. The van der Waals surface area contributed by atoms with Crippen LogP contribution in [0.4, 0.5) is 5.82 Å². The molecule has 0 amide bonds. The van der Waals surface area contributed by atoms with E-state index >= 15 is 0 Å². The molecule has 0 aliphatic rings. The summed E-state index contributed by atoms with van der Waals surface area (Å²) in [6.07, 6.45) is 3.41. The molecule has 20 heavy (non-hydrogen) atoms. The summed E-state index contributed by atoms with van der Waals surface area (Å²) in [6.45, 7) is 6.04. The fourth-order valence-electron chi connectivity index (χ4n) is 1.96. The van der Waals surface area contributed by atoms with Crippen molar-refractivity contribution in [1.29, 1.82) is 0 Å². The summed E-state index contributed by atoms with van der Waals surface area (Å²) >= 11 is 0. The largest absolute Gasteiger partial charge is 0.307 e. The highest BCUT2D eigenvalue weighted by Gasteiger charge is 2.11. The van der Waals surface area contributed by atoms with Crippen LogP contribution in [0.1, 0.15) is 25.1 Å². The molecule has 0 fully saturated rings. The van der Waals surface area contributed by atoms with E-state index in [4.69, 9.17) is 5.84 Å². The summed E-state index contributed by atoms with van der Waals surface area (Å²) in [5.74, 6) is 5.87. The Balaban J connectivity index is 2.05. The molecule has 1 aromatic carbocycles. The molecule has 0 aliphatic carbocycles. The molecule has 0 aliphatic heterocycles. The molecule has 0 atom stereocenters. The lowest BCUT2D eigenvalue weighted by Crippen LogP contribution is -2.30. The van der Waals surface area contributed by atoms with Crippen LogP contribution in [0.3, 0.4) is 0 Å². The van der Waals surface area contributed by atoms with Gasteiger partial charge in [0, 0.05) is 19.1 Å². The molecule has 1 heterocycles. The number of aromatic nitrogens is 2. The van der Waals surface area contributed by atoms with E-state index in [0.717, 1.165) is 18.8 Å². The first kappa shape index (κ1) is 14.4. The van der Waals surface area contributed by atoms with E-state index in [2.05, 4.69) is 58.4 Å². The number of anilines is 1. The number of hydrogen-bond donors (Lipinski definition) is 2. The van der Waals surface area contributed by atoms with Crippen LogP contribution in [-0.4, -0.2) is 20.9 Å². The number of rotatable bonds is 6. The van der Waals surface area contributed by atoms with E-state index in [-0.39, 0.29) is 0 Å². The van der Waals surface area contributed by atoms with E-state index in [1.807, 2.05) is 6.07 Å². The highest BCUT2D eigenvalue weighted by atomic mass is 15.3. The summed E-state index contributed by atoms with van der Waals surface area (Å²) in [6, 6.07) is 10.9. The normalized spacial score (nSPS) is 11.1.